The van der Waals surface area contributed by atoms with E-state index in [0.29, 0.717) is 15.6 Å². The number of carbonyl (C=O) groups is 2. The molecular formula is C23H16Cl3F3N2O2S. The summed E-state index contributed by atoms with van der Waals surface area (Å²) < 4.78 is 38.8. The SMILES string of the molecule is CC(Sc1ccc(NC(=O)c2ccc(Cl)cc2Cl)cc1)C(=O)Nc1cc(C(F)(F)F)ccc1Cl. The lowest BCUT2D eigenvalue weighted by atomic mass is 10.2. The Balaban J connectivity index is 1.62. The maximum atomic E-state index is 12.9. The lowest BCUT2D eigenvalue weighted by Gasteiger charge is -2.15. The van der Waals surface area contributed by atoms with Crippen molar-refractivity contribution >= 4 is 69.8 Å². The summed E-state index contributed by atoms with van der Waals surface area (Å²) in [4.78, 5) is 25.6. The Morgan fingerprint density at radius 3 is 2.18 bits per heavy atom. The number of rotatable bonds is 6. The summed E-state index contributed by atoms with van der Waals surface area (Å²) in [6, 6.07) is 14.0. The normalized spacial score (nSPS) is 12.2. The third-order valence-corrected chi connectivity index (χ3v) is 6.51. The topological polar surface area (TPSA) is 58.2 Å². The fraction of sp³-hybridized carbons (Fsp3) is 0.130. The van der Waals surface area contributed by atoms with Gasteiger partial charge in [0, 0.05) is 15.6 Å². The van der Waals surface area contributed by atoms with E-state index in [1.807, 2.05) is 0 Å². The van der Waals surface area contributed by atoms with Crippen molar-refractivity contribution in [3.05, 3.63) is 86.9 Å². The van der Waals surface area contributed by atoms with E-state index in [-0.39, 0.29) is 21.3 Å². The molecule has 0 aliphatic carbocycles. The number of anilines is 2. The number of hydrogen-bond acceptors (Lipinski definition) is 3. The van der Waals surface area contributed by atoms with Gasteiger partial charge in [-0.1, -0.05) is 34.8 Å². The van der Waals surface area contributed by atoms with Gasteiger partial charge in [0.2, 0.25) is 5.91 Å². The smallest absolute Gasteiger partial charge is 0.324 e. The van der Waals surface area contributed by atoms with Gasteiger partial charge in [0.25, 0.3) is 5.91 Å². The largest absolute Gasteiger partial charge is 0.416 e. The fourth-order valence-electron chi connectivity index (χ4n) is 2.78. The maximum Gasteiger partial charge on any atom is 0.416 e. The molecule has 0 saturated carbocycles. The average molecular weight is 548 g/mol. The molecule has 0 heterocycles. The minimum atomic E-state index is -4.56. The Morgan fingerprint density at radius 2 is 1.56 bits per heavy atom. The molecule has 1 unspecified atom stereocenters. The number of alkyl halides is 3. The third-order valence-electron chi connectivity index (χ3n) is 4.52. The van der Waals surface area contributed by atoms with Crippen LogP contribution in [-0.4, -0.2) is 17.1 Å². The van der Waals surface area contributed by atoms with Gasteiger partial charge in [0.1, 0.15) is 0 Å². The predicted octanol–water partition coefficient (Wildman–Crippen LogP) is 8.04. The molecule has 0 aromatic heterocycles. The summed E-state index contributed by atoms with van der Waals surface area (Å²) in [5.74, 6) is -0.922. The maximum absolute atomic E-state index is 12.9. The van der Waals surface area contributed by atoms with Gasteiger partial charge in [-0.05, 0) is 67.6 Å². The van der Waals surface area contributed by atoms with Gasteiger partial charge >= 0.3 is 6.18 Å². The molecule has 11 heteroatoms. The number of amides is 2. The molecule has 0 bridgehead atoms. The van der Waals surface area contributed by atoms with Crippen LogP contribution in [0.5, 0.6) is 0 Å². The minimum absolute atomic E-state index is 0.000523. The Morgan fingerprint density at radius 1 is 0.882 bits per heavy atom. The number of halogens is 6. The van der Waals surface area contributed by atoms with Crippen LogP contribution in [0.1, 0.15) is 22.8 Å². The molecule has 2 N–H and O–H groups in total. The van der Waals surface area contributed by atoms with E-state index < -0.39 is 28.8 Å². The molecule has 178 valence electrons. The van der Waals surface area contributed by atoms with Crippen molar-refractivity contribution in [3.8, 4) is 0 Å². The molecule has 0 fully saturated rings. The molecule has 3 aromatic rings. The minimum Gasteiger partial charge on any atom is -0.324 e. The lowest BCUT2D eigenvalue weighted by Crippen LogP contribution is -2.23. The van der Waals surface area contributed by atoms with E-state index in [1.165, 1.54) is 23.9 Å². The summed E-state index contributed by atoms with van der Waals surface area (Å²) in [6.07, 6.45) is -4.56. The zero-order chi connectivity index (χ0) is 25.0. The Bertz CT molecular complexity index is 1220. The molecule has 34 heavy (non-hydrogen) atoms. The van der Waals surface area contributed by atoms with Crippen LogP contribution >= 0.6 is 46.6 Å². The van der Waals surface area contributed by atoms with Gasteiger partial charge in [0.15, 0.2) is 0 Å². The predicted molar refractivity (Wildman–Crippen MR) is 131 cm³/mol. The lowest BCUT2D eigenvalue weighted by molar-refractivity contribution is -0.137. The van der Waals surface area contributed by atoms with Crippen molar-refractivity contribution in [3.63, 3.8) is 0 Å². The Labute approximate surface area is 212 Å². The molecule has 0 spiro atoms. The molecule has 2 amide bonds. The van der Waals surface area contributed by atoms with Gasteiger partial charge in [-0.3, -0.25) is 9.59 Å². The van der Waals surface area contributed by atoms with Gasteiger partial charge in [0.05, 0.1) is 32.1 Å². The van der Waals surface area contributed by atoms with Crippen molar-refractivity contribution in [1.29, 1.82) is 0 Å². The van der Waals surface area contributed by atoms with Crippen LogP contribution in [0.15, 0.2) is 65.6 Å². The number of carbonyl (C=O) groups excluding carboxylic acids is 2. The van der Waals surface area contributed by atoms with Gasteiger partial charge in [-0.2, -0.15) is 13.2 Å². The van der Waals surface area contributed by atoms with Crippen molar-refractivity contribution in [2.75, 3.05) is 10.6 Å². The van der Waals surface area contributed by atoms with E-state index in [4.69, 9.17) is 34.8 Å². The van der Waals surface area contributed by atoms with Crippen LogP contribution in [0.3, 0.4) is 0 Å². The number of hydrogen-bond donors (Lipinski definition) is 2. The summed E-state index contributed by atoms with van der Waals surface area (Å²) in [5, 5.41) is 5.15. The standard InChI is InChI=1S/C23H16Cl3F3N2O2S/c1-12(21(32)31-20-10-13(23(27,28)29)2-9-18(20)25)34-16-6-4-15(5-7-16)30-22(33)17-8-3-14(24)11-19(17)26/h2-12H,1H3,(H,30,33)(H,31,32). The van der Waals surface area contributed by atoms with Crippen molar-refractivity contribution in [2.45, 2.75) is 23.2 Å². The van der Waals surface area contributed by atoms with E-state index in [9.17, 15) is 22.8 Å². The summed E-state index contributed by atoms with van der Waals surface area (Å²) in [6.45, 7) is 1.61. The fourth-order valence-corrected chi connectivity index (χ4v) is 4.30. The highest BCUT2D eigenvalue weighted by atomic mass is 35.5. The monoisotopic (exact) mass is 546 g/mol. The number of benzene rings is 3. The van der Waals surface area contributed by atoms with Gasteiger partial charge < -0.3 is 10.6 Å². The third kappa shape index (κ3) is 6.82. The van der Waals surface area contributed by atoms with Crippen molar-refractivity contribution in [1.82, 2.24) is 0 Å². The average Bonchev–Trinajstić information content (AvgIpc) is 2.75. The van der Waals surface area contributed by atoms with Gasteiger partial charge in [-0.15, -0.1) is 11.8 Å². The Hall–Kier alpha value is -2.39. The molecule has 0 saturated heterocycles. The first-order valence-electron chi connectivity index (χ1n) is 9.65. The molecular weight excluding hydrogens is 532 g/mol. The van der Waals surface area contributed by atoms with E-state index in [1.54, 1.807) is 37.3 Å². The molecule has 3 aromatic carbocycles. The number of thioether (sulfide) groups is 1. The molecule has 4 nitrogen and oxygen atoms in total. The second-order valence-electron chi connectivity index (χ2n) is 7.04. The quantitative estimate of drug-likeness (QED) is 0.307. The zero-order valence-electron chi connectivity index (χ0n) is 17.3. The first kappa shape index (κ1) is 26.2. The molecule has 0 aliphatic heterocycles. The highest BCUT2D eigenvalue weighted by Crippen LogP contribution is 2.34. The second-order valence-corrected chi connectivity index (χ2v) is 9.71. The highest BCUT2D eigenvalue weighted by Gasteiger charge is 2.31. The highest BCUT2D eigenvalue weighted by molar-refractivity contribution is 8.00. The molecule has 0 radical (unpaired) electrons. The van der Waals surface area contributed by atoms with Crippen LogP contribution in [-0.2, 0) is 11.0 Å². The number of nitrogens with one attached hydrogen (secondary N) is 2. The first-order valence-corrected chi connectivity index (χ1v) is 11.7. The van der Waals surface area contributed by atoms with Crippen molar-refractivity contribution < 1.29 is 22.8 Å². The summed E-state index contributed by atoms with van der Waals surface area (Å²) in [7, 11) is 0. The van der Waals surface area contributed by atoms with Crippen LogP contribution < -0.4 is 10.6 Å². The van der Waals surface area contributed by atoms with Crippen LogP contribution in [0.2, 0.25) is 15.1 Å². The van der Waals surface area contributed by atoms with Crippen molar-refractivity contribution in [2.24, 2.45) is 0 Å². The van der Waals surface area contributed by atoms with Crippen LogP contribution in [0.4, 0.5) is 24.5 Å². The van der Waals surface area contributed by atoms with Gasteiger partial charge in [-0.25, -0.2) is 0 Å². The Kier molecular flexibility index (Phi) is 8.41. The van der Waals surface area contributed by atoms with E-state index >= 15 is 0 Å². The molecule has 0 aliphatic rings. The molecule has 1 atom stereocenters. The van der Waals surface area contributed by atoms with Crippen LogP contribution in [0, 0.1) is 0 Å². The molecule has 3 rings (SSSR count). The van der Waals surface area contributed by atoms with E-state index in [2.05, 4.69) is 10.6 Å². The zero-order valence-corrected chi connectivity index (χ0v) is 20.4. The summed E-state index contributed by atoms with van der Waals surface area (Å²) >= 11 is 19.0. The summed E-state index contributed by atoms with van der Waals surface area (Å²) in [5.41, 5.74) is -0.255. The van der Waals surface area contributed by atoms with E-state index in [0.717, 1.165) is 18.2 Å². The first-order chi connectivity index (χ1) is 15.9. The van der Waals surface area contributed by atoms with Crippen LogP contribution in [0.25, 0.3) is 0 Å². The second kappa shape index (κ2) is 10.9.